The molecule has 0 atom stereocenters. The summed E-state index contributed by atoms with van der Waals surface area (Å²) in [5.41, 5.74) is -2.51. The summed E-state index contributed by atoms with van der Waals surface area (Å²) < 4.78 is 50.3. The lowest BCUT2D eigenvalue weighted by Gasteiger charge is -2.09. The minimum absolute atomic E-state index is 0.00760. The number of halogens is 4. The highest BCUT2D eigenvalue weighted by atomic mass is 19.4. The van der Waals surface area contributed by atoms with Crippen molar-refractivity contribution in [2.75, 3.05) is 5.32 Å². The minimum atomic E-state index is -4.65. The fraction of sp³-hybridized carbons (Fsp3) is 0.0769. The first kappa shape index (κ1) is 14.8. The fourth-order valence-electron chi connectivity index (χ4n) is 1.54. The Kier molecular flexibility index (Phi) is 3.79. The molecule has 0 bridgehead atoms. The monoisotopic (exact) mass is 300 g/mol. The van der Waals surface area contributed by atoms with E-state index in [1.54, 1.807) is 0 Å². The van der Waals surface area contributed by atoms with Gasteiger partial charge in [-0.3, -0.25) is 9.59 Å². The maximum absolute atomic E-state index is 12.7. The molecule has 0 aliphatic rings. The molecule has 1 amide bonds. The molecule has 8 heteroatoms. The summed E-state index contributed by atoms with van der Waals surface area (Å²) in [6.45, 7) is 0. The number of anilines is 1. The average Bonchev–Trinajstić information content (AvgIpc) is 2.40. The van der Waals surface area contributed by atoms with E-state index in [1.165, 1.54) is 0 Å². The Morgan fingerprint density at radius 1 is 1.14 bits per heavy atom. The second-order valence-electron chi connectivity index (χ2n) is 4.09. The molecule has 1 heterocycles. The van der Waals surface area contributed by atoms with Crippen LogP contribution in [0.5, 0.6) is 0 Å². The summed E-state index contributed by atoms with van der Waals surface area (Å²) in [4.78, 5) is 25.1. The average molecular weight is 300 g/mol. The fourth-order valence-corrected chi connectivity index (χ4v) is 1.54. The van der Waals surface area contributed by atoms with Crippen molar-refractivity contribution in [1.82, 2.24) is 4.98 Å². The van der Waals surface area contributed by atoms with Gasteiger partial charge in [-0.25, -0.2) is 4.39 Å². The summed E-state index contributed by atoms with van der Waals surface area (Å²) in [6, 6.07) is 4.86. The second kappa shape index (κ2) is 5.39. The van der Waals surface area contributed by atoms with E-state index >= 15 is 0 Å². The van der Waals surface area contributed by atoms with Crippen LogP contribution in [-0.4, -0.2) is 10.9 Å². The Balaban J connectivity index is 2.29. The van der Waals surface area contributed by atoms with Crippen LogP contribution in [0.25, 0.3) is 0 Å². The highest BCUT2D eigenvalue weighted by molar-refractivity contribution is 6.04. The first-order valence-corrected chi connectivity index (χ1v) is 5.64. The number of benzene rings is 1. The molecular formula is C13H8F4N2O2. The molecule has 0 fully saturated rings. The first-order chi connectivity index (χ1) is 9.77. The number of pyridine rings is 1. The van der Waals surface area contributed by atoms with E-state index < -0.39 is 34.7 Å². The predicted octanol–water partition coefficient (Wildman–Crippen LogP) is 2.79. The number of aromatic nitrogens is 1. The van der Waals surface area contributed by atoms with Gasteiger partial charge in [-0.05, 0) is 30.3 Å². The quantitative estimate of drug-likeness (QED) is 0.838. The van der Waals surface area contributed by atoms with Gasteiger partial charge < -0.3 is 10.3 Å². The first-order valence-electron chi connectivity index (χ1n) is 5.64. The molecule has 2 aromatic rings. The molecule has 0 aliphatic carbocycles. The van der Waals surface area contributed by atoms with Crippen LogP contribution >= 0.6 is 0 Å². The SMILES string of the molecule is O=C(Nc1cc(C(F)(F)F)c[nH]c1=O)c1ccc(F)cc1. The van der Waals surface area contributed by atoms with Crippen molar-refractivity contribution in [3.63, 3.8) is 0 Å². The van der Waals surface area contributed by atoms with Gasteiger partial charge in [0.05, 0.1) is 5.56 Å². The van der Waals surface area contributed by atoms with Crippen LogP contribution in [0.3, 0.4) is 0 Å². The number of carbonyl (C=O) groups excluding carboxylic acids is 1. The molecular weight excluding hydrogens is 292 g/mol. The lowest BCUT2D eigenvalue weighted by molar-refractivity contribution is -0.137. The number of hydrogen-bond donors (Lipinski definition) is 2. The van der Waals surface area contributed by atoms with Gasteiger partial charge in [0.1, 0.15) is 11.5 Å². The van der Waals surface area contributed by atoms with Crippen molar-refractivity contribution < 1.29 is 22.4 Å². The third kappa shape index (κ3) is 3.47. The summed E-state index contributed by atoms with van der Waals surface area (Å²) in [5.74, 6) is -1.39. The number of alkyl halides is 3. The zero-order valence-corrected chi connectivity index (χ0v) is 10.3. The number of carbonyl (C=O) groups is 1. The molecule has 21 heavy (non-hydrogen) atoms. The zero-order chi connectivity index (χ0) is 15.6. The Morgan fingerprint density at radius 3 is 2.33 bits per heavy atom. The molecule has 0 radical (unpaired) electrons. The van der Waals surface area contributed by atoms with Crippen molar-refractivity contribution >= 4 is 11.6 Å². The molecule has 0 spiro atoms. The maximum atomic E-state index is 12.7. The van der Waals surface area contributed by atoms with Gasteiger partial charge in [0.25, 0.3) is 11.5 Å². The normalized spacial score (nSPS) is 11.2. The van der Waals surface area contributed by atoms with E-state index in [9.17, 15) is 27.2 Å². The van der Waals surface area contributed by atoms with Gasteiger partial charge in [-0.15, -0.1) is 0 Å². The number of H-pyrrole nitrogens is 1. The standard InChI is InChI=1S/C13H8F4N2O2/c14-9-3-1-7(2-4-9)11(20)19-10-5-8(13(15,16)17)6-18-12(10)21/h1-6H,(H,18,21)(H,19,20). The summed E-state index contributed by atoms with van der Waals surface area (Å²) in [5, 5.41) is 2.05. The van der Waals surface area contributed by atoms with E-state index in [4.69, 9.17) is 0 Å². The van der Waals surface area contributed by atoms with Crippen LogP contribution in [0.15, 0.2) is 41.3 Å². The molecule has 0 saturated heterocycles. The van der Waals surface area contributed by atoms with Crippen molar-refractivity contribution in [3.8, 4) is 0 Å². The molecule has 4 nitrogen and oxygen atoms in total. The molecule has 1 aromatic carbocycles. The Morgan fingerprint density at radius 2 is 1.76 bits per heavy atom. The van der Waals surface area contributed by atoms with E-state index in [-0.39, 0.29) is 5.56 Å². The van der Waals surface area contributed by atoms with Crippen LogP contribution in [0, 0.1) is 5.82 Å². The molecule has 1 aromatic heterocycles. The Hall–Kier alpha value is -2.64. The van der Waals surface area contributed by atoms with Gasteiger partial charge in [-0.2, -0.15) is 13.2 Å². The highest BCUT2D eigenvalue weighted by Crippen LogP contribution is 2.29. The smallest absolute Gasteiger partial charge is 0.327 e. The Bertz CT molecular complexity index is 720. The zero-order valence-electron chi connectivity index (χ0n) is 10.3. The van der Waals surface area contributed by atoms with Gasteiger partial charge >= 0.3 is 6.18 Å². The minimum Gasteiger partial charge on any atom is -0.327 e. The summed E-state index contributed by atoms with van der Waals surface area (Å²) in [6.07, 6.45) is -4.14. The van der Waals surface area contributed by atoms with Crippen LogP contribution in [0.1, 0.15) is 15.9 Å². The molecule has 0 saturated carbocycles. The van der Waals surface area contributed by atoms with Crippen LogP contribution in [-0.2, 0) is 6.18 Å². The topological polar surface area (TPSA) is 62.0 Å². The van der Waals surface area contributed by atoms with E-state index in [2.05, 4.69) is 5.32 Å². The largest absolute Gasteiger partial charge is 0.417 e. The maximum Gasteiger partial charge on any atom is 0.417 e. The van der Waals surface area contributed by atoms with Gasteiger partial charge in [0.2, 0.25) is 0 Å². The molecule has 0 unspecified atom stereocenters. The van der Waals surface area contributed by atoms with Gasteiger partial charge in [-0.1, -0.05) is 0 Å². The van der Waals surface area contributed by atoms with Gasteiger partial charge in [0.15, 0.2) is 0 Å². The Labute approximate surface area is 115 Å². The van der Waals surface area contributed by atoms with E-state index in [0.29, 0.717) is 12.3 Å². The van der Waals surface area contributed by atoms with Gasteiger partial charge in [0, 0.05) is 11.8 Å². The third-order valence-corrected chi connectivity index (χ3v) is 2.59. The molecule has 110 valence electrons. The summed E-state index contributed by atoms with van der Waals surface area (Å²) in [7, 11) is 0. The number of amides is 1. The third-order valence-electron chi connectivity index (χ3n) is 2.59. The molecule has 0 aliphatic heterocycles. The lowest BCUT2D eigenvalue weighted by atomic mass is 10.2. The second-order valence-corrected chi connectivity index (χ2v) is 4.09. The van der Waals surface area contributed by atoms with Crippen molar-refractivity contribution in [1.29, 1.82) is 0 Å². The number of aromatic amines is 1. The van der Waals surface area contributed by atoms with Crippen molar-refractivity contribution in [2.24, 2.45) is 0 Å². The number of hydrogen-bond acceptors (Lipinski definition) is 2. The van der Waals surface area contributed by atoms with Crippen LogP contribution in [0.4, 0.5) is 23.2 Å². The lowest BCUT2D eigenvalue weighted by Crippen LogP contribution is -2.21. The van der Waals surface area contributed by atoms with E-state index in [1.807, 2.05) is 4.98 Å². The molecule has 2 N–H and O–H groups in total. The predicted molar refractivity (Wildman–Crippen MR) is 66.4 cm³/mol. The summed E-state index contributed by atoms with van der Waals surface area (Å²) >= 11 is 0. The van der Waals surface area contributed by atoms with Crippen LogP contribution < -0.4 is 10.9 Å². The van der Waals surface area contributed by atoms with Crippen molar-refractivity contribution in [3.05, 3.63) is 63.8 Å². The number of rotatable bonds is 2. The van der Waals surface area contributed by atoms with E-state index in [0.717, 1.165) is 24.3 Å². The van der Waals surface area contributed by atoms with Crippen LogP contribution in [0.2, 0.25) is 0 Å². The molecule has 2 rings (SSSR count). The van der Waals surface area contributed by atoms with Crippen molar-refractivity contribution in [2.45, 2.75) is 6.18 Å². The number of nitrogens with one attached hydrogen (secondary N) is 2. The highest BCUT2D eigenvalue weighted by Gasteiger charge is 2.31.